The summed E-state index contributed by atoms with van der Waals surface area (Å²) >= 11 is 6.10. The highest BCUT2D eigenvalue weighted by molar-refractivity contribution is 6.30. The van der Waals surface area contributed by atoms with Crippen LogP contribution < -0.4 is 0 Å². The summed E-state index contributed by atoms with van der Waals surface area (Å²) < 4.78 is 49.0. The Bertz CT molecular complexity index is 1310. The third kappa shape index (κ3) is 9.12. The van der Waals surface area contributed by atoms with Crippen molar-refractivity contribution >= 4 is 42.3 Å². The lowest BCUT2D eigenvalue weighted by molar-refractivity contribution is -0.137. The van der Waals surface area contributed by atoms with Crippen molar-refractivity contribution in [3.05, 3.63) is 88.7 Å². The van der Waals surface area contributed by atoms with Gasteiger partial charge in [0.25, 0.3) is 5.91 Å². The van der Waals surface area contributed by atoms with Gasteiger partial charge >= 0.3 is 6.18 Å². The van der Waals surface area contributed by atoms with Crippen molar-refractivity contribution < 1.29 is 22.7 Å². The molecular formula is C31H38Cl3F3N4O2. The molecule has 5 rings (SSSR count). The molecule has 0 bridgehead atoms. The SMILES string of the molecule is CC1CN(CCN2CCN(C(=O)c3cc(-n4cccc4)cc(C(F)(F)F)c3)[C@H](Cc3ccc(Cl)cc3)C2)CC(C)O1.Cl.Cl. The molecule has 3 atom stereocenters. The number of halogens is 6. The van der Waals surface area contributed by atoms with Crippen LogP contribution in [0, 0.1) is 0 Å². The standard InChI is InChI=1S/C31H36ClF3N4O2.2ClH/c1-22-19-37(20-23(2)41-22)12-11-36-13-14-39(29(21-36)15-24-5-7-27(32)8-6-24)30(40)25-16-26(31(33,34)35)18-28(17-25)38-9-3-4-10-38;;/h3-10,16-18,22-23,29H,11-15,19-21H2,1-2H3;2*1H/t22?,23?,29-;;/m1../s1. The fraction of sp³-hybridized carbons (Fsp3) is 0.452. The van der Waals surface area contributed by atoms with Crippen molar-refractivity contribution in [2.24, 2.45) is 0 Å². The van der Waals surface area contributed by atoms with E-state index in [1.165, 1.54) is 0 Å². The van der Waals surface area contributed by atoms with E-state index in [9.17, 15) is 18.0 Å². The number of ether oxygens (including phenoxy) is 1. The summed E-state index contributed by atoms with van der Waals surface area (Å²) in [6.07, 6.45) is -0.281. The normalized spacial score (nSPS) is 21.6. The zero-order chi connectivity index (χ0) is 29.1. The van der Waals surface area contributed by atoms with Gasteiger partial charge in [-0.15, -0.1) is 24.8 Å². The minimum Gasteiger partial charge on any atom is -0.373 e. The van der Waals surface area contributed by atoms with E-state index in [4.69, 9.17) is 16.3 Å². The molecule has 2 aliphatic rings. The zero-order valence-electron chi connectivity index (χ0n) is 24.2. The predicted octanol–water partition coefficient (Wildman–Crippen LogP) is 6.47. The summed E-state index contributed by atoms with van der Waals surface area (Å²) in [6.45, 7) is 9.41. The molecule has 0 spiro atoms. The smallest absolute Gasteiger partial charge is 0.373 e. The maximum Gasteiger partial charge on any atom is 0.416 e. The highest BCUT2D eigenvalue weighted by atomic mass is 35.5. The van der Waals surface area contributed by atoms with Crippen LogP contribution in [0.25, 0.3) is 5.69 Å². The van der Waals surface area contributed by atoms with Crippen LogP contribution in [0.1, 0.15) is 35.3 Å². The van der Waals surface area contributed by atoms with E-state index >= 15 is 0 Å². The number of alkyl halides is 3. The average Bonchev–Trinajstić information content (AvgIpc) is 3.47. The summed E-state index contributed by atoms with van der Waals surface area (Å²) in [5.41, 5.74) is 0.519. The minimum atomic E-state index is -4.58. The van der Waals surface area contributed by atoms with E-state index in [-0.39, 0.29) is 54.5 Å². The Hall–Kier alpha value is -2.27. The Morgan fingerprint density at radius 2 is 1.53 bits per heavy atom. The average molecular weight is 662 g/mol. The Labute approximate surface area is 268 Å². The molecule has 12 heteroatoms. The zero-order valence-corrected chi connectivity index (χ0v) is 26.6. The van der Waals surface area contributed by atoms with Gasteiger partial charge in [0.2, 0.25) is 0 Å². The van der Waals surface area contributed by atoms with Crippen molar-refractivity contribution in [2.45, 2.75) is 44.7 Å². The quantitative estimate of drug-likeness (QED) is 0.291. The van der Waals surface area contributed by atoms with Gasteiger partial charge in [-0.25, -0.2) is 0 Å². The number of nitrogens with zero attached hydrogens (tertiary/aromatic N) is 4. The second kappa shape index (κ2) is 15.1. The van der Waals surface area contributed by atoms with E-state index in [0.717, 1.165) is 43.9 Å². The summed E-state index contributed by atoms with van der Waals surface area (Å²) in [7, 11) is 0. The first-order valence-corrected chi connectivity index (χ1v) is 14.4. The number of morpholine rings is 1. The lowest BCUT2D eigenvalue weighted by Gasteiger charge is -2.43. The molecule has 2 unspecified atom stereocenters. The summed E-state index contributed by atoms with van der Waals surface area (Å²) in [5, 5.41) is 0.627. The van der Waals surface area contributed by atoms with Crippen LogP contribution in [-0.4, -0.2) is 89.2 Å². The molecule has 1 aromatic heterocycles. The molecule has 43 heavy (non-hydrogen) atoms. The molecule has 0 N–H and O–H groups in total. The Kier molecular flexibility index (Phi) is 12.4. The van der Waals surface area contributed by atoms with Crippen LogP contribution in [-0.2, 0) is 17.3 Å². The number of aromatic nitrogens is 1. The number of amides is 1. The Morgan fingerprint density at radius 3 is 2.16 bits per heavy atom. The first-order chi connectivity index (χ1) is 19.5. The largest absolute Gasteiger partial charge is 0.416 e. The van der Waals surface area contributed by atoms with Crippen LogP contribution in [0.3, 0.4) is 0 Å². The topological polar surface area (TPSA) is 41.0 Å². The number of benzene rings is 2. The third-order valence-electron chi connectivity index (χ3n) is 7.83. The lowest BCUT2D eigenvalue weighted by atomic mass is 10.00. The van der Waals surface area contributed by atoms with Crippen LogP contribution in [0.5, 0.6) is 0 Å². The second-order valence-electron chi connectivity index (χ2n) is 11.2. The van der Waals surface area contributed by atoms with Crippen LogP contribution >= 0.6 is 36.4 Å². The summed E-state index contributed by atoms with van der Waals surface area (Å²) in [5.74, 6) is -0.390. The van der Waals surface area contributed by atoms with E-state index in [2.05, 4.69) is 23.6 Å². The first kappa shape index (κ1) is 35.2. The van der Waals surface area contributed by atoms with Gasteiger partial charge < -0.3 is 14.2 Å². The number of piperazine rings is 1. The predicted molar refractivity (Wildman–Crippen MR) is 168 cm³/mol. The van der Waals surface area contributed by atoms with Crippen LogP contribution in [0.4, 0.5) is 13.2 Å². The molecule has 3 aromatic rings. The van der Waals surface area contributed by atoms with Gasteiger partial charge in [0.1, 0.15) is 0 Å². The van der Waals surface area contributed by atoms with E-state index in [0.29, 0.717) is 36.8 Å². The van der Waals surface area contributed by atoms with Gasteiger partial charge in [-0.05, 0) is 68.3 Å². The number of carbonyl (C=O) groups excluding carboxylic acids is 1. The molecule has 6 nitrogen and oxygen atoms in total. The summed E-state index contributed by atoms with van der Waals surface area (Å²) in [4.78, 5) is 20.4. The molecular weight excluding hydrogens is 624 g/mol. The van der Waals surface area contributed by atoms with Gasteiger partial charge in [-0.3, -0.25) is 14.6 Å². The number of carbonyl (C=O) groups is 1. The molecule has 236 valence electrons. The fourth-order valence-corrected chi connectivity index (χ4v) is 6.05. The Balaban J connectivity index is 0.00000253. The maximum absolute atomic E-state index is 13.9. The molecule has 1 amide bonds. The van der Waals surface area contributed by atoms with E-state index < -0.39 is 11.7 Å². The number of rotatable bonds is 7. The van der Waals surface area contributed by atoms with Gasteiger partial charge in [0.15, 0.2) is 0 Å². The maximum atomic E-state index is 13.9. The van der Waals surface area contributed by atoms with Gasteiger partial charge in [-0.1, -0.05) is 23.7 Å². The molecule has 0 saturated carbocycles. The van der Waals surface area contributed by atoms with Crippen LogP contribution in [0.15, 0.2) is 67.0 Å². The summed E-state index contributed by atoms with van der Waals surface area (Å²) in [6, 6.07) is 14.4. The molecule has 0 radical (unpaired) electrons. The molecule has 2 saturated heterocycles. The van der Waals surface area contributed by atoms with Crippen molar-refractivity contribution in [1.82, 2.24) is 19.3 Å². The Morgan fingerprint density at radius 1 is 0.907 bits per heavy atom. The van der Waals surface area contributed by atoms with Crippen molar-refractivity contribution in [2.75, 3.05) is 45.8 Å². The first-order valence-electron chi connectivity index (χ1n) is 14.1. The van der Waals surface area contributed by atoms with Gasteiger partial charge in [0.05, 0.1) is 17.8 Å². The molecule has 2 aliphatic heterocycles. The van der Waals surface area contributed by atoms with Crippen molar-refractivity contribution in [3.8, 4) is 5.69 Å². The van der Waals surface area contributed by atoms with Gasteiger partial charge in [-0.2, -0.15) is 13.2 Å². The molecule has 2 aromatic carbocycles. The van der Waals surface area contributed by atoms with Crippen molar-refractivity contribution in [1.29, 1.82) is 0 Å². The molecule has 0 aliphatic carbocycles. The second-order valence-corrected chi connectivity index (χ2v) is 11.6. The minimum absolute atomic E-state index is 0. The fourth-order valence-electron chi connectivity index (χ4n) is 5.93. The van der Waals surface area contributed by atoms with Gasteiger partial charge in [0, 0.05) is 80.5 Å². The van der Waals surface area contributed by atoms with E-state index in [1.807, 2.05) is 24.3 Å². The highest BCUT2D eigenvalue weighted by Crippen LogP contribution is 2.32. The molecule has 2 fully saturated rings. The number of hydrogen-bond acceptors (Lipinski definition) is 4. The van der Waals surface area contributed by atoms with Crippen LogP contribution in [0.2, 0.25) is 5.02 Å². The van der Waals surface area contributed by atoms with E-state index in [1.54, 1.807) is 40.1 Å². The molecule has 3 heterocycles. The monoisotopic (exact) mass is 660 g/mol. The van der Waals surface area contributed by atoms with Crippen molar-refractivity contribution in [3.63, 3.8) is 0 Å². The lowest BCUT2D eigenvalue weighted by Crippen LogP contribution is -2.57. The number of hydrogen-bond donors (Lipinski definition) is 0. The highest BCUT2D eigenvalue weighted by Gasteiger charge is 2.35. The third-order valence-corrected chi connectivity index (χ3v) is 8.09.